The zero-order chi connectivity index (χ0) is 25.3. The van der Waals surface area contributed by atoms with Crippen LogP contribution in [0.15, 0.2) is 36.4 Å². The minimum absolute atomic E-state index is 0.00718. The molecule has 1 saturated carbocycles. The summed E-state index contributed by atoms with van der Waals surface area (Å²) in [5.41, 5.74) is 0.871. The van der Waals surface area contributed by atoms with E-state index >= 15 is 0 Å². The Morgan fingerprint density at radius 2 is 1.80 bits per heavy atom. The van der Waals surface area contributed by atoms with E-state index in [2.05, 4.69) is 15.0 Å². The molecule has 2 fully saturated rings. The predicted molar refractivity (Wildman–Crippen MR) is 122 cm³/mol. The molecule has 4 rings (SSSR count). The molecule has 186 valence electrons. The van der Waals surface area contributed by atoms with Gasteiger partial charge in [0.2, 0.25) is 11.8 Å². The number of amides is 2. The van der Waals surface area contributed by atoms with Crippen LogP contribution in [0.1, 0.15) is 49.4 Å². The van der Waals surface area contributed by atoms with Crippen molar-refractivity contribution in [2.45, 2.75) is 51.6 Å². The maximum atomic E-state index is 13.7. The zero-order valence-corrected chi connectivity index (χ0v) is 19.7. The van der Waals surface area contributed by atoms with Crippen LogP contribution in [-0.4, -0.2) is 47.6 Å². The SMILES string of the molecule is Cc1ccc(NC(=O)C2(c3ccccc3C(C)C)CN(C(=O)OC(=O)C3CC3)C2)c(OC(F)F)n1. The number of carbonyl (C=O) groups is 3. The Balaban J connectivity index is 1.63. The molecule has 1 aliphatic carbocycles. The number of benzene rings is 1. The van der Waals surface area contributed by atoms with Gasteiger partial charge < -0.3 is 19.7 Å². The number of ether oxygens (including phenoxy) is 2. The highest BCUT2D eigenvalue weighted by molar-refractivity contribution is 6.02. The van der Waals surface area contributed by atoms with Crippen LogP contribution in [0.25, 0.3) is 0 Å². The van der Waals surface area contributed by atoms with Crippen molar-refractivity contribution in [2.24, 2.45) is 5.92 Å². The van der Waals surface area contributed by atoms with E-state index in [9.17, 15) is 23.2 Å². The van der Waals surface area contributed by atoms with E-state index in [0.717, 1.165) is 5.56 Å². The predicted octanol–water partition coefficient (Wildman–Crippen LogP) is 4.38. The molecule has 10 heteroatoms. The molecule has 0 spiro atoms. The number of aryl methyl sites for hydroxylation is 1. The lowest BCUT2D eigenvalue weighted by Crippen LogP contribution is -2.66. The standard InChI is InChI=1S/C25H27F2N3O5/c1-14(2)17-6-4-5-7-18(17)25(12-30(13-25)24(33)35-21(31)16-9-10-16)22(32)29-19-11-8-15(3)28-20(19)34-23(26)27/h4-8,11,14,16,23H,9-10,12-13H2,1-3H3,(H,29,32). The fourth-order valence-electron chi connectivity index (χ4n) is 4.20. The third kappa shape index (κ3) is 5.11. The summed E-state index contributed by atoms with van der Waals surface area (Å²) >= 11 is 0. The third-order valence-corrected chi connectivity index (χ3v) is 6.26. The van der Waals surface area contributed by atoms with Crippen LogP contribution in [0.4, 0.5) is 19.3 Å². The first-order chi connectivity index (χ1) is 16.6. The number of hydrogen-bond acceptors (Lipinski definition) is 6. The summed E-state index contributed by atoms with van der Waals surface area (Å²) in [4.78, 5) is 43.4. The van der Waals surface area contributed by atoms with Gasteiger partial charge in [0.15, 0.2) is 0 Å². The fourth-order valence-corrected chi connectivity index (χ4v) is 4.20. The van der Waals surface area contributed by atoms with Crippen LogP contribution in [0, 0.1) is 12.8 Å². The minimum Gasteiger partial charge on any atom is -0.415 e. The summed E-state index contributed by atoms with van der Waals surface area (Å²) in [6.07, 6.45) is 0.604. The number of halogens is 2. The van der Waals surface area contributed by atoms with Gasteiger partial charge in [-0.3, -0.25) is 9.59 Å². The van der Waals surface area contributed by atoms with E-state index in [1.165, 1.54) is 11.0 Å². The molecule has 0 bridgehead atoms. The second-order valence-electron chi connectivity index (χ2n) is 9.28. The van der Waals surface area contributed by atoms with E-state index in [-0.39, 0.29) is 30.6 Å². The lowest BCUT2D eigenvalue weighted by atomic mass is 9.70. The topological polar surface area (TPSA) is 97.8 Å². The Bertz CT molecular complexity index is 1140. The first-order valence-corrected chi connectivity index (χ1v) is 11.4. The van der Waals surface area contributed by atoms with Crippen molar-refractivity contribution < 1.29 is 32.6 Å². The summed E-state index contributed by atoms with van der Waals surface area (Å²) < 4.78 is 35.3. The van der Waals surface area contributed by atoms with Crippen LogP contribution >= 0.6 is 0 Å². The van der Waals surface area contributed by atoms with Crippen LogP contribution in [0.2, 0.25) is 0 Å². The third-order valence-electron chi connectivity index (χ3n) is 6.26. The molecule has 0 atom stereocenters. The Hall–Kier alpha value is -3.56. The van der Waals surface area contributed by atoms with E-state index in [0.29, 0.717) is 24.1 Å². The largest absolute Gasteiger partial charge is 0.417 e. The summed E-state index contributed by atoms with van der Waals surface area (Å²) in [6.45, 7) is 2.40. The molecule has 2 aliphatic rings. The summed E-state index contributed by atoms with van der Waals surface area (Å²) in [7, 11) is 0. The van der Waals surface area contributed by atoms with Gasteiger partial charge in [-0.1, -0.05) is 38.1 Å². The number of pyridine rings is 1. The lowest BCUT2D eigenvalue weighted by molar-refractivity contribution is -0.141. The number of anilines is 1. The van der Waals surface area contributed by atoms with Crippen molar-refractivity contribution in [2.75, 3.05) is 18.4 Å². The van der Waals surface area contributed by atoms with Gasteiger partial charge in [0.25, 0.3) is 0 Å². The Labute approximate surface area is 201 Å². The second kappa shape index (κ2) is 9.59. The fraction of sp³-hybridized carbons (Fsp3) is 0.440. The van der Waals surface area contributed by atoms with E-state index in [4.69, 9.17) is 4.74 Å². The molecular weight excluding hydrogens is 460 g/mol. The average Bonchev–Trinajstić information content (AvgIpc) is 3.60. The molecule has 0 radical (unpaired) electrons. The summed E-state index contributed by atoms with van der Waals surface area (Å²) in [5.74, 6) is -1.62. The van der Waals surface area contributed by atoms with Gasteiger partial charge in [0.1, 0.15) is 11.1 Å². The summed E-state index contributed by atoms with van der Waals surface area (Å²) in [5, 5.41) is 2.67. The van der Waals surface area contributed by atoms with E-state index in [1.54, 1.807) is 19.1 Å². The van der Waals surface area contributed by atoms with Gasteiger partial charge >= 0.3 is 18.7 Å². The normalized spacial score (nSPS) is 16.6. The van der Waals surface area contributed by atoms with E-state index < -0.39 is 35.9 Å². The lowest BCUT2D eigenvalue weighted by Gasteiger charge is -2.49. The smallest absolute Gasteiger partial charge is 0.415 e. The molecule has 0 unspecified atom stereocenters. The van der Waals surface area contributed by atoms with Crippen molar-refractivity contribution >= 4 is 23.7 Å². The van der Waals surface area contributed by atoms with Crippen molar-refractivity contribution in [1.29, 1.82) is 0 Å². The van der Waals surface area contributed by atoms with Crippen LogP contribution < -0.4 is 10.1 Å². The second-order valence-corrected chi connectivity index (χ2v) is 9.28. The molecule has 2 amide bonds. The molecule has 1 aromatic carbocycles. The molecule has 1 N–H and O–H groups in total. The molecule has 2 aromatic rings. The van der Waals surface area contributed by atoms with Crippen molar-refractivity contribution in [3.8, 4) is 5.88 Å². The number of nitrogens with one attached hydrogen (secondary N) is 1. The highest BCUT2D eigenvalue weighted by atomic mass is 19.3. The van der Waals surface area contributed by atoms with Gasteiger partial charge in [-0.05, 0) is 48.9 Å². The number of hydrogen-bond donors (Lipinski definition) is 1. The highest BCUT2D eigenvalue weighted by Gasteiger charge is 2.54. The van der Waals surface area contributed by atoms with Crippen LogP contribution in [-0.2, 0) is 19.7 Å². The van der Waals surface area contributed by atoms with Gasteiger partial charge in [-0.15, -0.1) is 0 Å². The first-order valence-electron chi connectivity index (χ1n) is 11.4. The molecular formula is C25H27F2N3O5. The number of likely N-dealkylation sites (tertiary alicyclic amines) is 1. The van der Waals surface area contributed by atoms with Gasteiger partial charge in [0.05, 0.1) is 5.92 Å². The number of nitrogens with zero attached hydrogens (tertiary/aromatic N) is 2. The van der Waals surface area contributed by atoms with Crippen molar-refractivity contribution in [3.63, 3.8) is 0 Å². The monoisotopic (exact) mass is 487 g/mol. The van der Waals surface area contributed by atoms with Crippen molar-refractivity contribution in [3.05, 3.63) is 53.2 Å². The van der Waals surface area contributed by atoms with Crippen LogP contribution in [0.3, 0.4) is 0 Å². The molecule has 2 heterocycles. The Morgan fingerprint density at radius 1 is 1.11 bits per heavy atom. The van der Waals surface area contributed by atoms with Gasteiger partial charge in [-0.25, -0.2) is 9.78 Å². The minimum atomic E-state index is -3.12. The quantitative estimate of drug-likeness (QED) is 0.460. The van der Waals surface area contributed by atoms with Crippen molar-refractivity contribution in [1.82, 2.24) is 9.88 Å². The number of carbonyl (C=O) groups excluding carboxylic acids is 3. The van der Waals surface area contributed by atoms with Gasteiger partial charge in [0, 0.05) is 18.8 Å². The Kier molecular flexibility index (Phi) is 6.73. The molecule has 35 heavy (non-hydrogen) atoms. The summed E-state index contributed by atoms with van der Waals surface area (Å²) in [6, 6.07) is 10.4. The molecule has 8 nitrogen and oxygen atoms in total. The number of aromatic nitrogens is 1. The first kappa shape index (κ1) is 24.6. The number of alkyl halides is 2. The highest BCUT2D eigenvalue weighted by Crippen LogP contribution is 2.41. The molecule has 1 saturated heterocycles. The number of rotatable bonds is 7. The maximum absolute atomic E-state index is 13.7. The number of esters is 1. The average molecular weight is 488 g/mol. The Morgan fingerprint density at radius 3 is 2.43 bits per heavy atom. The van der Waals surface area contributed by atoms with Gasteiger partial charge in [-0.2, -0.15) is 8.78 Å². The van der Waals surface area contributed by atoms with E-state index in [1.807, 2.05) is 32.0 Å². The zero-order valence-electron chi connectivity index (χ0n) is 19.7. The molecule has 1 aliphatic heterocycles. The maximum Gasteiger partial charge on any atom is 0.417 e. The molecule has 1 aromatic heterocycles. The van der Waals surface area contributed by atoms with Crippen LogP contribution in [0.5, 0.6) is 5.88 Å².